The predicted octanol–water partition coefficient (Wildman–Crippen LogP) is 2.84. The van der Waals surface area contributed by atoms with Gasteiger partial charge in [0.25, 0.3) is 0 Å². The summed E-state index contributed by atoms with van der Waals surface area (Å²) < 4.78 is 93.3. The molecule has 2 aromatic carbocycles. The molecule has 128 valence electrons. The number of alkyl halides is 8. The fourth-order valence-electron chi connectivity index (χ4n) is 1.51. The van der Waals surface area contributed by atoms with Crippen LogP contribution in [-0.2, 0) is 0 Å². The van der Waals surface area contributed by atoms with Gasteiger partial charge in [-0.2, -0.15) is 17.6 Å². The minimum absolute atomic E-state index is 0. The van der Waals surface area contributed by atoms with Gasteiger partial charge < -0.3 is 0 Å². The fraction of sp³-hybridized carbons (Fsp3) is 0.267. The van der Waals surface area contributed by atoms with Gasteiger partial charge in [-0.1, -0.05) is 48.5 Å². The molecule has 2 aromatic rings. The van der Waals surface area contributed by atoms with Crippen molar-refractivity contribution in [2.45, 2.75) is 24.2 Å². The number of rotatable bonds is 3. The Bertz CT molecular complexity index is 571. The first kappa shape index (κ1) is 23.8. The van der Waals surface area contributed by atoms with Crippen molar-refractivity contribution in [1.29, 1.82) is 0 Å². The quantitative estimate of drug-likeness (QED) is 0.435. The van der Waals surface area contributed by atoms with E-state index in [0.717, 1.165) is 0 Å². The Morgan fingerprint density at radius 3 is 1.17 bits per heavy atom. The molecule has 0 spiro atoms. The van der Waals surface area contributed by atoms with Gasteiger partial charge in [0.05, 0.1) is 0 Å². The molecule has 0 aliphatic heterocycles. The molecule has 0 fully saturated rings. The van der Waals surface area contributed by atoms with Crippen LogP contribution in [-0.4, -0.2) is 24.2 Å². The van der Waals surface area contributed by atoms with Gasteiger partial charge >= 0.3 is 69.7 Å². The van der Waals surface area contributed by atoms with Crippen molar-refractivity contribution < 1.29 is 86.5 Å². The Morgan fingerprint density at radius 1 is 0.708 bits per heavy atom. The molecule has 0 amide bonds. The smallest absolute Gasteiger partial charge is 0.268 e. The number of fused-ring (bicyclic) bond motifs is 1. The topological polar surface area (TPSA) is 0 Å². The molecule has 0 heterocycles. The van der Waals surface area contributed by atoms with Crippen molar-refractivity contribution in [3.05, 3.63) is 55.5 Å². The van der Waals surface area contributed by atoms with Crippen molar-refractivity contribution in [3.8, 4) is 0 Å². The molecule has 0 nitrogen and oxygen atoms in total. The molecule has 9 heteroatoms. The molecule has 0 aliphatic carbocycles. The molecule has 0 N–H and O–H groups in total. The maximum absolute atomic E-state index is 11.9. The van der Waals surface area contributed by atoms with Gasteiger partial charge in [0.2, 0.25) is 0 Å². The number of hydrogen-bond donors (Lipinski definition) is 0. The van der Waals surface area contributed by atoms with Crippen LogP contribution in [0, 0.1) is 6.92 Å². The normalized spacial score (nSPS) is 12.4. The average Bonchev–Trinajstić information content (AvgIpc) is 2.46. The van der Waals surface area contributed by atoms with Crippen LogP contribution in [0.2, 0.25) is 0 Å². The van der Waals surface area contributed by atoms with Gasteiger partial charge in [-0.3, -0.25) is 6.92 Å². The molecule has 0 saturated heterocycles. The molecule has 0 atom stereocenters. The number of benzene rings is 2. The SMILES string of the molecule is [CH2-]C(F)(F)C(F)(F)C(F)(F)C(F)F.[K+].c1ccc2ccccc2c1. The fourth-order valence-corrected chi connectivity index (χ4v) is 1.51. The first-order valence-corrected chi connectivity index (χ1v) is 6.12. The van der Waals surface area contributed by atoms with E-state index in [1.807, 2.05) is 0 Å². The molecule has 0 aromatic heterocycles. The van der Waals surface area contributed by atoms with Crippen LogP contribution in [0.1, 0.15) is 0 Å². The van der Waals surface area contributed by atoms with E-state index in [0.29, 0.717) is 0 Å². The summed E-state index contributed by atoms with van der Waals surface area (Å²) >= 11 is 0. The van der Waals surface area contributed by atoms with E-state index in [-0.39, 0.29) is 51.4 Å². The van der Waals surface area contributed by atoms with E-state index < -0.39 is 24.2 Å². The third-order valence-corrected chi connectivity index (χ3v) is 2.81. The summed E-state index contributed by atoms with van der Waals surface area (Å²) in [6.45, 7) is 1.39. The van der Waals surface area contributed by atoms with Crippen LogP contribution in [0.25, 0.3) is 10.8 Å². The van der Waals surface area contributed by atoms with Gasteiger partial charge in [-0.25, -0.2) is 17.6 Å². The van der Waals surface area contributed by atoms with E-state index in [4.69, 9.17) is 0 Å². The van der Waals surface area contributed by atoms with Crippen molar-refractivity contribution in [2.75, 3.05) is 0 Å². The summed E-state index contributed by atoms with van der Waals surface area (Å²) in [5.41, 5.74) is 0. The van der Waals surface area contributed by atoms with Crippen LogP contribution in [0.4, 0.5) is 35.1 Å². The van der Waals surface area contributed by atoms with Crippen molar-refractivity contribution >= 4 is 10.8 Å². The first-order valence-electron chi connectivity index (χ1n) is 6.12. The summed E-state index contributed by atoms with van der Waals surface area (Å²) in [7, 11) is 0. The molecule has 0 unspecified atom stereocenters. The van der Waals surface area contributed by atoms with Crippen LogP contribution < -0.4 is 51.4 Å². The summed E-state index contributed by atoms with van der Waals surface area (Å²) in [6, 6.07) is 16.7. The molecule has 0 radical (unpaired) electrons. The van der Waals surface area contributed by atoms with Gasteiger partial charge in [0.1, 0.15) is 0 Å². The van der Waals surface area contributed by atoms with Crippen LogP contribution in [0.3, 0.4) is 0 Å². The average molecular weight is 382 g/mol. The number of hydrogen-bond acceptors (Lipinski definition) is 0. The Hall–Kier alpha value is -0.224. The zero-order valence-electron chi connectivity index (χ0n) is 12.4. The predicted molar refractivity (Wildman–Crippen MR) is 70.2 cm³/mol. The monoisotopic (exact) mass is 382 g/mol. The molecular formula is C15H11F8K. The zero-order chi connectivity index (χ0) is 17.9. The summed E-state index contributed by atoms with van der Waals surface area (Å²) in [5, 5.41) is 2.62. The molecule has 0 bridgehead atoms. The van der Waals surface area contributed by atoms with Crippen LogP contribution in [0.15, 0.2) is 48.5 Å². The maximum atomic E-state index is 11.9. The van der Waals surface area contributed by atoms with E-state index in [1.54, 1.807) is 0 Å². The Kier molecular flexibility index (Phi) is 8.85. The number of halogens is 8. The maximum Gasteiger partial charge on any atom is 1.00 e. The summed E-state index contributed by atoms with van der Waals surface area (Å²) in [6.07, 6.45) is -4.88. The Labute approximate surface area is 175 Å². The third-order valence-electron chi connectivity index (χ3n) is 2.81. The van der Waals surface area contributed by atoms with Crippen LogP contribution in [0.5, 0.6) is 0 Å². The van der Waals surface area contributed by atoms with E-state index in [9.17, 15) is 35.1 Å². The van der Waals surface area contributed by atoms with Gasteiger partial charge in [-0.05, 0) is 10.8 Å². The molecule has 2 rings (SSSR count). The molecule has 0 saturated carbocycles. The minimum Gasteiger partial charge on any atom is -0.268 e. The van der Waals surface area contributed by atoms with Crippen LogP contribution >= 0.6 is 0 Å². The molecule has 0 aliphatic rings. The second-order valence-corrected chi connectivity index (χ2v) is 4.55. The largest absolute Gasteiger partial charge is 1.00 e. The molecular weight excluding hydrogens is 371 g/mol. The summed E-state index contributed by atoms with van der Waals surface area (Å²) in [5.74, 6) is -17.7. The van der Waals surface area contributed by atoms with E-state index in [2.05, 4.69) is 48.5 Å². The van der Waals surface area contributed by atoms with Crippen molar-refractivity contribution in [2.24, 2.45) is 0 Å². The Morgan fingerprint density at radius 2 is 1.00 bits per heavy atom. The zero-order valence-corrected chi connectivity index (χ0v) is 15.6. The van der Waals surface area contributed by atoms with E-state index in [1.165, 1.54) is 17.7 Å². The first-order chi connectivity index (χ1) is 10.4. The van der Waals surface area contributed by atoms with Gasteiger partial charge in [-0.15, -0.1) is 0 Å². The molecule has 24 heavy (non-hydrogen) atoms. The standard InChI is InChI=1S/C10H8.C5H3F8.K/c1-2-6-10-8-4-3-7-9(10)5-1;1-3(8,9)5(12,13)4(10,11)2(6)7;/h1-8H;2H,1H2;/q;-1;+1. The second-order valence-electron chi connectivity index (χ2n) is 4.55. The second kappa shape index (κ2) is 8.93. The van der Waals surface area contributed by atoms with Gasteiger partial charge in [0, 0.05) is 0 Å². The van der Waals surface area contributed by atoms with Crippen molar-refractivity contribution in [1.82, 2.24) is 0 Å². The summed E-state index contributed by atoms with van der Waals surface area (Å²) in [4.78, 5) is 0. The minimum atomic E-state index is -6.17. The van der Waals surface area contributed by atoms with Crippen molar-refractivity contribution in [3.63, 3.8) is 0 Å². The Balaban J connectivity index is 0.000000432. The van der Waals surface area contributed by atoms with Gasteiger partial charge in [0.15, 0.2) is 5.92 Å². The van der Waals surface area contributed by atoms with E-state index >= 15 is 0 Å². The third kappa shape index (κ3) is 5.39.